The highest BCUT2D eigenvalue weighted by Crippen LogP contribution is 2.22. The van der Waals surface area contributed by atoms with E-state index in [0.29, 0.717) is 25.2 Å². The third kappa shape index (κ3) is 2.74. The first-order chi connectivity index (χ1) is 7.62. The minimum absolute atomic E-state index is 0.0981. The van der Waals surface area contributed by atoms with E-state index < -0.39 is 10.0 Å². The Hall–Kier alpha value is -0.170. The zero-order valence-electron chi connectivity index (χ0n) is 9.68. The third-order valence-electron chi connectivity index (χ3n) is 3.42. The molecule has 6 heteroatoms. The van der Waals surface area contributed by atoms with E-state index >= 15 is 0 Å². The molecule has 0 saturated carbocycles. The van der Waals surface area contributed by atoms with Gasteiger partial charge < -0.3 is 10.1 Å². The van der Waals surface area contributed by atoms with E-state index in [1.165, 1.54) is 13.5 Å². The smallest absolute Gasteiger partial charge is 0.216 e. The zero-order chi connectivity index (χ0) is 11.6. The molecule has 0 spiro atoms. The van der Waals surface area contributed by atoms with Crippen LogP contribution in [-0.2, 0) is 14.8 Å². The van der Waals surface area contributed by atoms with Crippen LogP contribution in [-0.4, -0.2) is 57.4 Å². The van der Waals surface area contributed by atoms with E-state index in [1.807, 2.05) is 0 Å². The Morgan fingerprint density at radius 2 is 2.06 bits per heavy atom. The van der Waals surface area contributed by atoms with Crippen LogP contribution in [0.4, 0.5) is 0 Å². The molecule has 16 heavy (non-hydrogen) atoms. The van der Waals surface area contributed by atoms with Crippen LogP contribution in [0, 0.1) is 0 Å². The summed E-state index contributed by atoms with van der Waals surface area (Å²) in [6.07, 6.45) is 3.22. The first kappa shape index (κ1) is 12.3. The van der Waals surface area contributed by atoms with Crippen molar-refractivity contribution < 1.29 is 13.2 Å². The minimum atomic E-state index is -3.12. The fourth-order valence-corrected chi connectivity index (χ4v) is 3.91. The highest BCUT2D eigenvalue weighted by atomic mass is 32.2. The average molecular weight is 248 g/mol. The average Bonchev–Trinajstić information content (AvgIpc) is 2.54. The maximum Gasteiger partial charge on any atom is 0.216 e. The van der Waals surface area contributed by atoms with Gasteiger partial charge in [-0.3, -0.25) is 0 Å². The Bertz CT molecular complexity index is 331. The van der Waals surface area contributed by atoms with Crippen LogP contribution in [0.5, 0.6) is 0 Å². The van der Waals surface area contributed by atoms with Crippen molar-refractivity contribution in [2.24, 2.45) is 0 Å². The summed E-state index contributed by atoms with van der Waals surface area (Å²) in [4.78, 5) is 0. The minimum Gasteiger partial charge on any atom is -0.384 e. The highest BCUT2D eigenvalue weighted by Gasteiger charge is 2.33. The molecule has 2 aliphatic heterocycles. The van der Waals surface area contributed by atoms with E-state index in [2.05, 4.69) is 5.32 Å². The fourth-order valence-electron chi connectivity index (χ4n) is 2.48. The van der Waals surface area contributed by atoms with E-state index in [0.717, 1.165) is 12.8 Å². The van der Waals surface area contributed by atoms with Crippen molar-refractivity contribution in [2.75, 3.05) is 32.6 Å². The van der Waals surface area contributed by atoms with E-state index in [9.17, 15) is 8.42 Å². The van der Waals surface area contributed by atoms with Crippen LogP contribution in [0.2, 0.25) is 0 Å². The Kier molecular flexibility index (Phi) is 3.84. The number of hydrogen-bond acceptors (Lipinski definition) is 4. The summed E-state index contributed by atoms with van der Waals surface area (Å²) in [5.74, 6) is 0.0981. The lowest BCUT2D eigenvalue weighted by Gasteiger charge is -2.23. The molecule has 2 atom stereocenters. The molecular formula is C10H20N2O3S. The predicted octanol–water partition coefficient (Wildman–Crippen LogP) is -0.211. The lowest BCUT2D eigenvalue weighted by atomic mass is 10.1. The fraction of sp³-hybridized carbons (Fsp3) is 1.00. The van der Waals surface area contributed by atoms with Crippen LogP contribution in [0.3, 0.4) is 0 Å². The van der Waals surface area contributed by atoms with Crippen molar-refractivity contribution in [3.05, 3.63) is 0 Å². The van der Waals surface area contributed by atoms with Gasteiger partial charge in [0.1, 0.15) is 0 Å². The number of hydrogen-bond donors (Lipinski definition) is 1. The van der Waals surface area contributed by atoms with Gasteiger partial charge >= 0.3 is 0 Å². The van der Waals surface area contributed by atoms with Gasteiger partial charge in [0.05, 0.1) is 12.4 Å². The lowest BCUT2D eigenvalue weighted by molar-refractivity contribution is 0.215. The Balaban J connectivity index is 1.98. The van der Waals surface area contributed by atoms with Crippen molar-refractivity contribution in [1.82, 2.24) is 9.62 Å². The first-order valence-corrected chi connectivity index (χ1v) is 7.45. The van der Waals surface area contributed by atoms with Crippen molar-refractivity contribution >= 4 is 10.0 Å². The van der Waals surface area contributed by atoms with Crippen molar-refractivity contribution in [3.63, 3.8) is 0 Å². The summed E-state index contributed by atoms with van der Waals surface area (Å²) in [5.41, 5.74) is 0. The van der Waals surface area contributed by atoms with Crippen LogP contribution >= 0.6 is 0 Å². The summed E-state index contributed by atoms with van der Waals surface area (Å²) in [5, 5.41) is 3.47. The Morgan fingerprint density at radius 3 is 2.81 bits per heavy atom. The second-order valence-corrected chi connectivity index (χ2v) is 6.68. The zero-order valence-corrected chi connectivity index (χ0v) is 10.5. The largest absolute Gasteiger partial charge is 0.384 e. The maximum atomic E-state index is 12.0. The number of nitrogens with one attached hydrogen (secondary N) is 1. The summed E-state index contributed by atoms with van der Waals surface area (Å²) in [6, 6.07) is 0.873. The van der Waals surface area contributed by atoms with Gasteiger partial charge in [-0.15, -0.1) is 0 Å². The summed E-state index contributed by atoms with van der Waals surface area (Å²) in [7, 11) is -1.59. The van der Waals surface area contributed by atoms with Crippen molar-refractivity contribution in [3.8, 4) is 0 Å². The van der Waals surface area contributed by atoms with Crippen LogP contribution in [0.15, 0.2) is 0 Å². The van der Waals surface area contributed by atoms with Gasteiger partial charge in [0.25, 0.3) is 0 Å². The van der Waals surface area contributed by atoms with Gasteiger partial charge in [-0.05, 0) is 19.3 Å². The first-order valence-electron chi connectivity index (χ1n) is 5.84. The second-order valence-electron chi connectivity index (χ2n) is 4.59. The highest BCUT2D eigenvalue weighted by molar-refractivity contribution is 7.89. The quantitative estimate of drug-likeness (QED) is 0.748. The molecule has 0 aliphatic carbocycles. The van der Waals surface area contributed by atoms with Crippen LogP contribution in [0.25, 0.3) is 0 Å². The van der Waals surface area contributed by atoms with Gasteiger partial charge in [0.2, 0.25) is 10.0 Å². The van der Waals surface area contributed by atoms with Crippen LogP contribution < -0.4 is 5.32 Å². The second kappa shape index (κ2) is 5.00. The molecule has 0 aromatic heterocycles. The standard InChI is InChI=1S/C10H20N2O3S/c1-15-6-7-16(13,14)12-5-4-9-2-3-10(8-12)11-9/h9-11H,2-8H2,1H3. The molecule has 2 aliphatic rings. The third-order valence-corrected chi connectivity index (χ3v) is 5.23. The number of fused-ring (bicyclic) bond motifs is 2. The number of methoxy groups -OCH3 is 1. The van der Waals surface area contributed by atoms with Crippen molar-refractivity contribution in [1.29, 1.82) is 0 Å². The van der Waals surface area contributed by atoms with Gasteiger partial charge in [0, 0.05) is 32.3 Å². The number of ether oxygens (including phenoxy) is 1. The molecule has 0 aromatic rings. The topological polar surface area (TPSA) is 58.6 Å². The summed E-state index contributed by atoms with van der Waals surface area (Å²) < 4.78 is 30.5. The monoisotopic (exact) mass is 248 g/mol. The van der Waals surface area contributed by atoms with E-state index in [1.54, 1.807) is 4.31 Å². The summed E-state index contributed by atoms with van der Waals surface area (Å²) in [6.45, 7) is 1.56. The molecule has 0 amide bonds. The molecule has 2 saturated heterocycles. The van der Waals surface area contributed by atoms with Gasteiger partial charge in [-0.2, -0.15) is 0 Å². The van der Waals surface area contributed by atoms with Gasteiger partial charge in [-0.25, -0.2) is 12.7 Å². The molecular weight excluding hydrogens is 228 g/mol. The molecule has 94 valence electrons. The van der Waals surface area contributed by atoms with E-state index in [4.69, 9.17) is 4.74 Å². The molecule has 2 heterocycles. The van der Waals surface area contributed by atoms with Gasteiger partial charge in [0.15, 0.2) is 0 Å². The Morgan fingerprint density at radius 1 is 1.31 bits per heavy atom. The molecule has 2 fully saturated rings. The molecule has 2 rings (SSSR count). The van der Waals surface area contributed by atoms with Crippen molar-refractivity contribution in [2.45, 2.75) is 31.3 Å². The normalized spacial score (nSPS) is 31.6. The number of nitrogens with zero attached hydrogens (tertiary/aromatic N) is 1. The molecule has 0 aromatic carbocycles. The summed E-state index contributed by atoms with van der Waals surface area (Å²) >= 11 is 0. The SMILES string of the molecule is COCCS(=O)(=O)N1CCC2CCC(C1)N2. The molecule has 2 bridgehead atoms. The number of sulfonamides is 1. The van der Waals surface area contributed by atoms with Crippen LogP contribution in [0.1, 0.15) is 19.3 Å². The van der Waals surface area contributed by atoms with Gasteiger partial charge in [-0.1, -0.05) is 0 Å². The molecule has 2 unspecified atom stereocenters. The molecule has 1 N–H and O–H groups in total. The predicted molar refractivity (Wildman–Crippen MR) is 61.8 cm³/mol. The molecule has 0 radical (unpaired) electrons. The molecule has 5 nitrogen and oxygen atoms in total. The lowest BCUT2D eigenvalue weighted by Crippen LogP contribution is -2.40. The number of rotatable bonds is 4. The van der Waals surface area contributed by atoms with E-state index in [-0.39, 0.29) is 12.4 Å². The maximum absolute atomic E-state index is 12.0. The Labute approximate surface area is 97.2 Å².